The minimum absolute atomic E-state index is 0.208. The van der Waals surface area contributed by atoms with E-state index in [9.17, 15) is 14.4 Å². The average molecular weight is 436 g/mol. The van der Waals surface area contributed by atoms with Crippen molar-refractivity contribution in [1.29, 1.82) is 0 Å². The number of carbonyl (C=O) groups is 3. The van der Waals surface area contributed by atoms with Crippen molar-refractivity contribution in [3.8, 4) is 11.1 Å². The molecule has 2 aliphatic heterocycles. The Hall–Kier alpha value is -3.46. The first kappa shape index (κ1) is 19.5. The molecule has 2 atom stereocenters. The van der Waals surface area contributed by atoms with Crippen molar-refractivity contribution in [3.63, 3.8) is 0 Å². The Morgan fingerprint density at radius 1 is 1.23 bits per heavy atom. The summed E-state index contributed by atoms with van der Waals surface area (Å²) in [6.07, 6.45) is 0.501. The summed E-state index contributed by atoms with van der Waals surface area (Å²) in [5, 5.41) is 14.0. The summed E-state index contributed by atoms with van der Waals surface area (Å²) < 4.78 is 1.62. The molecule has 0 spiro atoms. The second-order valence-corrected chi connectivity index (χ2v) is 8.65. The second-order valence-electron chi connectivity index (χ2n) is 7.87. The molecule has 0 saturated carbocycles. The fourth-order valence-electron chi connectivity index (χ4n) is 4.21. The van der Waals surface area contributed by atoms with Crippen LogP contribution in [0.25, 0.3) is 11.1 Å². The molecule has 0 radical (unpaired) electrons. The number of fused-ring (bicyclic) bond motifs is 2. The zero-order valence-electron chi connectivity index (χ0n) is 17.1. The van der Waals surface area contributed by atoms with Crippen molar-refractivity contribution in [2.45, 2.75) is 25.4 Å². The van der Waals surface area contributed by atoms with Gasteiger partial charge in [-0.1, -0.05) is 6.07 Å². The van der Waals surface area contributed by atoms with E-state index >= 15 is 0 Å². The summed E-state index contributed by atoms with van der Waals surface area (Å²) in [5.74, 6) is -0.853. The van der Waals surface area contributed by atoms with E-state index in [1.54, 1.807) is 40.1 Å². The Bertz CT molecular complexity index is 1180. The van der Waals surface area contributed by atoms with Crippen molar-refractivity contribution in [3.05, 3.63) is 58.0 Å². The van der Waals surface area contributed by atoms with Crippen LogP contribution in [0.3, 0.4) is 0 Å². The van der Waals surface area contributed by atoms with Crippen LogP contribution in [0.5, 0.6) is 0 Å². The monoisotopic (exact) mass is 435 g/mol. The largest absolute Gasteiger partial charge is 0.345 e. The summed E-state index contributed by atoms with van der Waals surface area (Å²) in [7, 11) is 1.77. The van der Waals surface area contributed by atoms with Crippen LogP contribution in [-0.2, 0) is 11.8 Å². The van der Waals surface area contributed by atoms with Gasteiger partial charge in [-0.2, -0.15) is 16.4 Å². The number of carbonyl (C=O) groups excluding carboxylic acids is 3. The third-order valence-electron chi connectivity index (χ3n) is 5.95. The van der Waals surface area contributed by atoms with Gasteiger partial charge < -0.3 is 15.5 Å². The molecule has 0 aliphatic carbocycles. The minimum atomic E-state index is -0.766. The van der Waals surface area contributed by atoms with Gasteiger partial charge in [0.1, 0.15) is 11.7 Å². The standard InChI is InChI=1S/C22H21N5O3S/c1-12-9-18(25-26(12)2)20(28)24-17-5-7-27-19(17)21(29)23-16-4-3-13(10-15(16)22(27)30)14-6-8-31-11-14/h3-4,6,8-11,17,19H,5,7H2,1-2H3,(H,23,29)(H,24,28). The highest BCUT2D eigenvalue weighted by Gasteiger charge is 2.45. The molecule has 1 saturated heterocycles. The Kier molecular flexibility index (Phi) is 4.62. The van der Waals surface area contributed by atoms with E-state index in [-0.39, 0.29) is 17.7 Å². The van der Waals surface area contributed by atoms with Crippen molar-refractivity contribution < 1.29 is 14.4 Å². The highest BCUT2D eigenvalue weighted by molar-refractivity contribution is 7.08. The van der Waals surface area contributed by atoms with Gasteiger partial charge in [-0.05, 0) is 59.5 Å². The zero-order valence-corrected chi connectivity index (χ0v) is 17.9. The summed E-state index contributed by atoms with van der Waals surface area (Å²) in [6, 6.07) is 7.93. The Morgan fingerprint density at radius 2 is 2.06 bits per heavy atom. The van der Waals surface area contributed by atoms with Crippen molar-refractivity contribution >= 4 is 34.7 Å². The van der Waals surface area contributed by atoms with E-state index in [4.69, 9.17) is 0 Å². The van der Waals surface area contributed by atoms with Gasteiger partial charge in [0.05, 0.1) is 17.3 Å². The number of nitrogens with one attached hydrogen (secondary N) is 2. The molecule has 2 unspecified atom stereocenters. The van der Waals surface area contributed by atoms with Crippen LogP contribution < -0.4 is 10.6 Å². The summed E-state index contributed by atoms with van der Waals surface area (Å²) in [4.78, 5) is 40.6. The van der Waals surface area contributed by atoms with E-state index in [1.807, 2.05) is 35.9 Å². The molecular weight excluding hydrogens is 414 g/mol. The quantitative estimate of drug-likeness (QED) is 0.660. The Morgan fingerprint density at radius 3 is 2.77 bits per heavy atom. The average Bonchev–Trinajstić information content (AvgIpc) is 3.47. The maximum absolute atomic E-state index is 13.3. The number of anilines is 1. The lowest BCUT2D eigenvalue weighted by Crippen LogP contribution is -2.51. The Balaban J connectivity index is 1.42. The molecule has 4 heterocycles. The van der Waals surface area contributed by atoms with Crippen LogP contribution in [-0.4, -0.2) is 51.0 Å². The van der Waals surface area contributed by atoms with Gasteiger partial charge in [-0.15, -0.1) is 0 Å². The molecule has 8 nitrogen and oxygen atoms in total. The first-order valence-electron chi connectivity index (χ1n) is 10.0. The fourth-order valence-corrected chi connectivity index (χ4v) is 4.87. The van der Waals surface area contributed by atoms with Crippen LogP contribution >= 0.6 is 11.3 Å². The highest BCUT2D eigenvalue weighted by atomic mass is 32.1. The molecule has 3 aromatic rings. The SMILES string of the molecule is Cc1cc(C(=O)NC2CCN3C(=O)c4cc(-c5ccsc5)ccc4NC(=O)C23)nn1C. The third-order valence-corrected chi connectivity index (χ3v) is 6.64. The van der Waals surface area contributed by atoms with E-state index in [2.05, 4.69) is 15.7 Å². The number of hydrogen-bond acceptors (Lipinski definition) is 5. The molecule has 158 valence electrons. The third kappa shape index (κ3) is 3.31. The summed E-state index contributed by atoms with van der Waals surface area (Å²) >= 11 is 1.59. The van der Waals surface area contributed by atoms with Gasteiger partial charge in [0.2, 0.25) is 5.91 Å². The molecule has 1 fully saturated rings. The lowest BCUT2D eigenvalue weighted by Gasteiger charge is -2.24. The van der Waals surface area contributed by atoms with E-state index in [0.717, 1.165) is 16.8 Å². The first-order valence-corrected chi connectivity index (χ1v) is 11.0. The second kappa shape index (κ2) is 7.35. The smallest absolute Gasteiger partial charge is 0.272 e. The summed E-state index contributed by atoms with van der Waals surface area (Å²) in [6.45, 7) is 2.26. The number of benzene rings is 1. The van der Waals surface area contributed by atoms with Crippen LogP contribution in [0, 0.1) is 6.92 Å². The van der Waals surface area contributed by atoms with E-state index in [1.165, 1.54) is 0 Å². The predicted octanol–water partition coefficient (Wildman–Crippen LogP) is 2.42. The topological polar surface area (TPSA) is 96.3 Å². The summed E-state index contributed by atoms with van der Waals surface area (Å²) in [5.41, 5.74) is 4.07. The van der Waals surface area contributed by atoms with E-state index in [0.29, 0.717) is 29.9 Å². The number of thiophene rings is 1. The maximum atomic E-state index is 13.3. The van der Waals surface area contributed by atoms with Crippen molar-refractivity contribution in [1.82, 2.24) is 20.0 Å². The number of nitrogens with zero attached hydrogens (tertiary/aromatic N) is 3. The van der Waals surface area contributed by atoms with Gasteiger partial charge in [0.15, 0.2) is 0 Å². The predicted molar refractivity (Wildman–Crippen MR) is 117 cm³/mol. The number of hydrogen-bond donors (Lipinski definition) is 2. The van der Waals surface area contributed by atoms with Crippen molar-refractivity contribution in [2.75, 3.05) is 11.9 Å². The number of aryl methyl sites for hydroxylation is 2. The molecule has 5 rings (SSSR count). The molecule has 2 aliphatic rings. The van der Waals surface area contributed by atoms with Crippen LogP contribution in [0.4, 0.5) is 5.69 Å². The van der Waals surface area contributed by atoms with E-state index < -0.39 is 12.1 Å². The molecule has 2 aromatic heterocycles. The lowest BCUT2D eigenvalue weighted by molar-refractivity contribution is -0.120. The zero-order chi connectivity index (χ0) is 21.7. The van der Waals surface area contributed by atoms with Crippen LogP contribution in [0.1, 0.15) is 33.0 Å². The van der Waals surface area contributed by atoms with Gasteiger partial charge in [-0.25, -0.2) is 0 Å². The number of aromatic nitrogens is 2. The van der Waals surface area contributed by atoms with Gasteiger partial charge in [0.25, 0.3) is 11.8 Å². The molecule has 0 bridgehead atoms. The molecular formula is C22H21N5O3S. The molecule has 3 amide bonds. The normalized spacial score (nSPS) is 20.1. The first-order chi connectivity index (χ1) is 14.9. The molecule has 9 heteroatoms. The fraction of sp³-hybridized carbons (Fsp3) is 0.273. The van der Waals surface area contributed by atoms with Gasteiger partial charge in [-0.3, -0.25) is 19.1 Å². The molecule has 2 N–H and O–H groups in total. The van der Waals surface area contributed by atoms with Crippen LogP contribution in [0.15, 0.2) is 41.1 Å². The van der Waals surface area contributed by atoms with Gasteiger partial charge in [0, 0.05) is 19.3 Å². The number of rotatable bonds is 3. The maximum Gasteiger partial charge on any atom is 0.272 e. The minimum Gasteiger partial charge on any atom is -0.345 e. The van der Waals surface area contributed by atoms with Gasteiger partial charge >= 0.3 is 0 Å². The van der Waals surface area contributed by atoms with Crippen molar-refractivity contribution in [2.24, 2.45) is 7.05 Å². The lowest BCUT2D eigenvalue weighted by atomic mass is 10.0. The molecule has 1 aromatic carbocycles. The Labute approximate surface area is 182 Å². The van der Waals surface area contributed by atoms with Crippen LogP contribution in [0.2, 0.25) is 0 Å². The number of amides is 3. The highest BCUT2D eigenvalue weighted by Crippen LogP contribution is 2.33. The molecule has 31 heavy (non-hydrogen) atoms.